The first-order valence-corrected chi connectivity index (χ1v) is 12.3. The van der Waals surface area contributed by atoms with Gasteiger partial charge in [-0.15, -0.1) is 0 Å². The second-order valence-corrected chi connectivity index (χ2v) is 9.88. The summed E-state index contributed by atoms with van der Waals surface area (Å²) in [6, 6.07) is 16.1. The Kier molecular flexibility index (Phi) is 7.09. The normalized spacial score (nSPS) is 15.0. The van der Waals surface area contributed by atoms with Crippen LogP contribution in [0.1, 0.15) is 21.6 Å². The lowest BCUT2D eigenvalue weighted by atomic mass is 10.0. The third-order valence-electron chi connectivity index (χ3n) is 6.62. The second-order valence-electron chi connectivity index (χ2n) is 9.88. The zero-order chi connectivity index (χ0) is 25.1. The summed E-state index contributed by atoms with van der Waals surface area (Å²) < 4.78 is 0. The first kappa shape index (κ1) is 24.1. The number of carbonyl (C=O) groups is 1. The van der Waals surface area contributed by atoms with Crippen molar-refractivity contribution in [2.24, 2.45) is 0 Å². The quantitative estimate of drug-likeness (QED) is 0.417. The Bertz CT molecular complexity index is 1340. The van der Waals surface area contributed by atoms with E-state index in [0.717, 1.165) is 67.0 Å². The maximum Gasteiger partial charge on any atom is 0.276 e. The van der Waals surface area contributed by atoms with E-state index in [9.17, 15) is 4.79 Å². The molecule has 1 saturated heterocycles. The van der Waals surface area contributed by atoms with E-state index < -0.39 is 0 Å². The van der Waals surface area contributed by atoms with E-state index in [1.807, 2.05) is 69.0 Å². The Morgan fingerprint density at radius 3 is 2.50 bits per heavy atom. The number of amides is 1. The average molecular weight is 484 g/mol. The molecular formula is C28H33N7O. The standard InChI is InChI=1S/C28H33N7O/c1-33(2)18-20-4-7-24(8-5-20)30-28(36)27-25-15-22(6-9-26(25)31-32-27)23-14-21(16-29-17-23)19-35-12-10-34(3)11-13-35/h4-9,14-17H,10-13,18-19H2,1-3H3,(H,30,36)(H,31,32). The number of rotatable bonds is 7. The topological polar surface area (TPSA) is 80.4 Å². The van der Waals surface area contributed by atoms with Crippen LogP contribution in [0.3, 0.4) is 0 Å². The maximum absolute atomic E-state index is 13.1. The first-order chi connectivity index (χ1) is 17.4. The summed E-state index contributed by atoms with van der Waals surface area (Å²) >= 11 is 0. The van der Waals surface area contributed by atoms with Gasteiger partial charge in [-0.25, -0.2) is 0 Å². The number of anilines is 1. The first-order valence-electron chi connectivity index (χ1n) is 12.3. The van der Waals surface area contributed by atoms with Crippen LogP contribution in [0, 0.1) is 0 Å². The average Bonchev–Trinajstić information content (AvgIpc) is 3.30. The highest BCUT2D eigenvalue weighted by molar-refractivity contribution is 6.11. The van der Waals surface area contributed by atoms with Crippen molar-refractivity contribution >= 4 is 22.5 Å². The number of carbonyl (C=O) groups excluding carboxylic acids is 1. The van der Waals surface area contributed by atoms with Gasteiger partial charge in [0.2, 0.25) is 0 Å². The number of likely N-dealkylation sites (N-methyl/N-ethyl adjacent to an activating group) is 1. The lowest BCUT2D eigenvalue weighted by molar-refractivity contribution is 0.102. The largest absolute Gasteiger partial charge is 0.321 e. The molecule has 1 aliphatic rings. The number of aromatic nitrogens is 3. The van der Waals surface area contributed by atoms with E-state index in [4.69, 9.17) is 0 Å². The third kappa shape index (κ3) is 5.62. The minimum absolute atomic E-state index is 0.235. The molecule has 0 bridgehead atoms. The van der Waals surface area contributed by atoms with Gasteiger partial charge in [0.15, 0.2) is 5.69 Å². The Labute approximate surface area is 211 Å². The van der Waals surface area contributed by atoms with Crippen molar-refractivity contribution < 1.29 is 4.79 Å². The Morgan fingerprint density at radius 2 is 1.75 bits per heavy atom. The van der Waals surface area contributed by atoms with Crippen LogP contribution in [0.15, 0.2) is 60.9 Å². The molecule has 186 valence electrons. The van der Waals surface area contributed by atoms with Crippen molar-refractivity contribution in [2.45, 2.75) is 13.1 Å². The van der Waals surface area contributed by atoms with Gasteiger partial charge in [-0.2, -0.15) is 5.10 Å². The molecule has 8 nitrogen and oxygen atoms in total. The molecule has 8 heteroatoms. The molecule has 2 N–H and O–H groups in total. The van der Waals surface area contributed by atoms with Crippen LogP contribution in [-0.2, 0) is 13.1 Å². The number of aromatic amines is 1. The van der Waals surface area contributed by atoms with Crippen molar-refractivity contribution in [2.75, 3.05) is 52.6 Å². The molecule has 1 fully saturated rings. The SMILES string of the molecule is CN(C)Cc1ccc(NC(=O)c2n[nH]c3ccc(-c4cncc(CN5CCN(C)CC5)c4)cc23)cc1. The summed E-state index contributed by atoms with van der Waals surface area (Å²) in [5.74, 6) is -0.235. The van der Waals surface area contributed by atoms with Gasteiger partial charge in [0, 0.05) is 68.3 Å². The highest BCUT2D eigenvalue weighted by Gasteiger charge is 2.17. The number of hydrogen-bond acceptors (Lipinski definition) is 6. The van der Waals surface area contributed by atoms with Crippen LogP contribution >= 0.6 is 0 Å². The second kappa shape index (κ2) is 10.6. The van der Waals surface area contributed by atoms with Gasteiger partial charge in [0.05, 0.1) is 5.52 Å². The predicted octanol–water partition coefficient (Wildman–Crippen LogP) is 3.69. The van der Waals surface area contributed by atoms with Crippen molar-refractivity contribution in [3.8, 4) is 11.1 Å². The molecule has 0 radical (unpaired) electrons. The fourth-order valence-corrected chi connectivity index (χ4v) is 4.61. The summed E-state index contributed by atoms with van der Waals surface area (Å²) in [7, 11) is 6.24. The van der Waals surface area contributed by atoms with E-state index in [1.54, 1.807) is 0 Å². The smallest absolute Gasteiger partial charge is 0.276 e. The van der Waals surface area contributed by atoms with Gasteiger partial charge in [0.25, 0.3) is 5.91 Å². The number of nitrogens with zero attached hydrogens (tertiary/aromatic N) is 5. The minimum atomic E-state index is -0.235. The molecule has 0 aliphatic carbocycles. The van der Waals surface area contributed by atoms with E-state index in [0.29, 0.717) is 5.69 Å². The molecule has 2 aromatic carbocycles. The molecule has 0 unspecified atom stereocenters. The maximum atomic E-state index is 13.1. The summed E-state index contributed by atoms with van der Waals surface area (Å²) in [5, 5.41) is 11.1. The summed E-state index contributed by atoms with van der Waals surface area (Å²) in [4.78, 5) is 24.5. The van der Waals surface area contributed by atoms with Gasteiger partial charge in [-0.1, -0.05) is 18.2 Å². The fraction of sp³-hybridized carbons (Fsp3) is 0.321. The molecule has 0 saturated carbocycles. The van der Waals surface area contributed by atoms with E-state index in [1.165, 1.54) is 11.1 Å². The van der Waals surface area contributed by atoms with Crippen molar-refractivity contribution in [1.29, 1.82) is 0 Å². The Balaban J connectivity index is 1.33. The van der Waals surface area contributed by atoms with Crippen molar-refractivity contribution in [3.05, 3.63) is 77.7 Å². The molecule has 3 heterocycles. The highest BCUT2D eigenvalue weighted by atomic mass is 16.1. The van der Waals surface area contributed by atoms with Crippen LogP contribution < -0.4 is 5.32 Å². The van der Waals surface area contributed by atoms with Gasteiger partial charge in [-0.3, -0.25) is 19.8 Å². The van der Waals surface area contributed by atoms with Gasteiger partial charge < -0.3 is 15.1 Å². The monoisotopic (exact) mass is 483 g/mol. The number of hydrogen-bond donors (Lipinski definition) is 2. The lowest BCUT2D eigenvalue weighted by Crippen LogP contribution is -2.43. The molecule has 2 aromatic heterocycles. The molecule has 1 amide bonds. The summed E-state index contributed by atoms with van der Waals surface area (Å²) in [6.07, 6.45) is 3.82. The minimum Gasteiger partial charge on any atom is -0.321 e. The number of pyridine rings is 1. The van der Waals surface area contributed by atoms with Gasteiger partial charge in [0.1, 0.15) is 0 Å². The van der Waals surface area contributed by atoms with Crippen LogP contribution in [0.4, 0.5) is 5.69 Å². The van der Waals surface area contributed by atoms with Gasteiger partial charge >= 0.3 is 0 Å². The van der Waals surface area contributed by atoms with E-state index >= 15 is 0 Å². The number of fused-ring (bicyclic) bond motifs is 1. The summed E-state index contributed by atoms with van der Waals surface area (Å²) in [5.41, 5.74) is 6.38. The molecular weight excluding hydrogens is 450 g/mol. The zero-order valence-electron chi connectivity index (χ0n) is 21.2. The molecule has 4 aromatic rings. The number of nitrogens with one attached hydrogen (secondary N) is 2. The zero-order valence-corrected chi connectivity index (χ0v) is 21.2. The molecule has 0 spiro atoms. The van der Waals surface area contributed by atoms with Crippen LogP contribution in [0.2, 0.25) is 0 Å². The molecule has 1 aliphatic heterocycles. The predicted molar refractivity (Wildman–Crippen MR) is 144 cm³/mol. The molecule has 5 rings (SSSR count). The Hall–Kier alpha value is -3.59. The molecule has 0 atom stereocenters. The summed E-state index contributed by atoms with van der Waals surface area (Å²) in [6.45, 7) is 6.07. The Morgan fingerprint density at radius 1 is 0.972 bits per heavy atom. The molecule has 36 heavy (non-hydrogen) atoms. The number of H-pyrrole nitrogens is 1. The van der Waals surface area contributed by atoms with E-state index in [2.05, 4.69) is 48.3 Å². The fourth-order valence-electron chi connectivity index (χ4n) is 4.61. The number of benzene rings is 2. The van der Waals surface area contributed by atoms with E-state index in [-0.39, 0.29) is 5.91 Å². The lowest BCUT2D eigenvalue weighted by Gasteiger charge is -2.32. The number of piperazine rings is 1. The van der Waals surface area contributed by atoms with Crippen LogP contribution in [0.25, 0.3) is 22.0 Å². The van der Waals surface area contributed by atoms with Crippen LogP contribution in [0.5, 0.6) is 0 Å². The van der Waals surface area contributed by atoms with Crippen molar-refractivity contribution in [1.82, 2.24) is 29.9 Å². The highest BCUT2D eigenvalue weighted by Crippen LogP contribution is 2.26. The van der Waals surface area contributed by atoms with Crippen LogP contribution in [-0.4, -0.2) is 83.1 Å². The van der Waals surface area contributed by atoms with Crippen molar-refractivity contribution in [3.63, 3.8) is 0 Å². The van der Waals surface area contributed by atoms with Gasteiger partial charge in [-0.05, 0) is 68.2 Å². The third-order valence-corrected chi connectivity index (χ3v) is 6.62.